The van der Waals surface area contributed by atoms with Crippen LogP contribution in [0, 0.1) is 12.7 Å². The van der Waals surface area contributed by atoms with Crippen molar-refractivity contribution in [2.75, 3.05) is 4.90 Å². The molecule has 0 radical (unpaired) electrons. The lowest BCUT2D eigenvalue weighted by atomic mass is 10.0. The van der Waals surface area contributed by atoms with E-state index in [2.05, 4.69) is 5.32 Å². The molecule has 28 heavy (non-hydrogen) atoms. The van der Waals surface area contributed by atoms with Gasteiger partial charge in [-0.3, -0.25) is 9.59 Å². The summed E-state index contributed by atoms with van der Waals surface area (Å²) in [5.74, 6) is -1.36. The molecule has 3 rings (SSSR count). The Morgan fingerprint density at radius 3 is 2.64 bits per heavy atom. The first kappa shape index (κ1) is 19.6. The van der Waals surface area contributed by atoms with Crippen molar-refractivity contribution in [1.29, 1.82) is 0 Å². The summed E-state index contributed by atoms with van der Waals surface area (Å²) in [5, 5.41) is 13.5. The fourth-order valence-corrected chi connectivity index (χ4v) is 3.16. The number of halogens is 1. The Labute approximate surface area is 163 Å². The SMILES string of the molecule is Cc1ccc(CN2C(=O)CC(C(=O)NC(C)C)=C(O)c3ccccc32)cc1F. The lowest BCUT2D eigenvalue weighted by molar-refractivity contribution is -0.122. The molecule has 1 heterocycles. The van der Waals surface area contributed by atoms with Crippen LogP contribution < -0.4 is 10.2 Å². The van der Waals surface area contributed by atoms with Gasteiger partial charge in [-0.1, -0.05) is 24.3 Å². The molecule has 1 aliphatic rings. The summed E-state index contributed by atoms with van der Waals surface area (Å²) in [6.45, 7) is 5.42. The predicted octanol–water partition coefficient (Wildman–Crippen LogP) is 3.86. The Bertz CT molecular complexity index is 966. The molecule has 0 saturated carbocycles. The van der Waals surface area contributed by atoms with E-state index >= 15 is 0 Å². The fourth-order valence-electron chi connectivity index (χ4n) is 3.16. The normalized spacial score (nSPS) is 14.2. The van der Waals surface area contributed by atoms with Crippen molar-refractivity contribution in [3.05, 3.63) is 70.5 Å². The van der Waals surface area contributed by atoms with Crippen LogP contribution in [-0.4, -0.2) is 23.0 Å². The average Bonchev–Trinajstić information content (AvgIpc) is 2.75. The molecule has 0 aromatic heterocycles. The van der Waals surface area contributed by atoms with E-state index in [-0.39, 0.29) is 42.1 Å². The summed E-state index contributed by atoms with van der Waals surface area (Å²) in [6, 6.07) is 11.5. The van der Waals surface area contributed by atoms with E-state index in [4.69, 9.17) is 0 Å². The smallest absolute Gasteiger partial charge is 0.251 e. The number of aryl methyl sites for hydroxylation is 1. The first-order chi connectivity index (χ1) is 13.3. The molecule has 0 bridgehead atoms. The number of rotatable bonds is 4. The number of nitrogens with one attached hydrogen (secondary N) is 1. The molecule has 0 unspecified atom stereocenters. The fraction of sp³-hybridized carbons (Fsp3) is 0.273. The van der Waals surface area contributed by atoms with Crippen LogP contribution in [0.15, 0.2) is 48.0 Å². The first-order valence-electron chi connectivity index (χ1n) is 9.15. The van der Waals surface area contributed by atoms with E-state index in [9.17, 15) is 19.1 Å². The molecule has 0 saturated heterocycles. The highest BCUT2D eigenvalue weighted by molar-refractivity contribution is 6.10. The lowest BCUT2D eigenvalue weighted by Crippen LogP contribution is -2.34. The number of para-hydroxylation sites is 1. The van der Waals surface area contributed by atoms with Gasteiger partial charge in [-0.05, 0) is 50.1 Å². The quantitative estimate of drug-likeness (QED) is 0.844. The Balaban J connectivity index is 2.02. The van der Waals surface area contributed by atoms with Crippen molar-refractivity contribution in [3.63, 3.8) is 0 Å². The molecule has 0 aliphatic carbocycles. The molecule has 1 aliphatic heterocycles. The predicted molar refractivity (Wildman–Crippen MR) is 106 cm³/mol. The number of aliphatic hydroxyl groups excluding tert-OH is 1. The number of carbonyl (C=O) groups is 2. The molecule has 6 heteroatoms. The maximum Gasteiger partial charge on any atom is 0.251 e. The van der Waals surface area contributed by atoms with Crippen molar-refractivity contribution < 1.29 is 19.1 Å². The maximum atomic E-state index is 14.0. The third-order valence-electron chi connectivity index (χ3n) is 4.64. The topological polar surface area (TPSA) is 69.6 Å². The second kappa shape index (κ2) is 7.84. The highest BCUT2D eigenvalue weighted by Gasteiger charge is 2.30. The summed E-state index contributed by atoms with van der Waals surface area (Å²) >= 11 is 0. The molecular weight excluding hydrogens is 359 g/mol. The van der Waals surface area contributed by atoms with Gasteiger partial charge in [0.25, 0.3) is 5.91 Å². The minimum Gasteiger partial charge on any atom is -0.507 e. The number of nitrogens with zero attached hydrogens (tertiary/aromatic N) is 1. The van der Waals surface area contributed by atoms with Gasteiger partial charge in [0.2, 0.25) is 5.91 Å². The van der Waals surface area contributed by atoms with Gasteiger partial charge in [-0.25, -0.2) is 4.39 Å². The van der Waals surface area contributed by atoms with Crippen LogP contribution >= 0.6 is 0 Å². The first-order valence-corrected chi connectivity index (χ1v) is 9.15. The second-order valence-corrected chi connectivity index (χ2v) is 7.21. The van der Waals surface area contributed by atoms with Crippen LogP contribution in [0.3, 0.4) is 0 Å². The monoisotopic (exact) mass is 382 g/mol. The molecule has 0 spiro atoms. The molecule has 146 valence electrons. The second-order valence-electron chi connectivity index (χ2n) is 7.21. The van der Waals surface area contributed by atoms with E-state index < -0.39 is 5.91 Å². The Morgan fingerprint density at radius 2 is 1.96 bits per heavy atom. The lowest BCUT2D eigenvalue weighted by Gasteiger charge is -2.23. The van der Waals surface area contributed by atoms with E-state index in [1.165, 1.54) is 11.0 Å². The van der Waals surface area contributed by atoms with Gasteiger partial charge >= 0.3 is 0 Å². The Hall–Kier alpha value is -3.15. The molecular formula is C22H23FN2O3. The molecule has 0 fully saturated rings. The number of carbonyl (C=O) groups excluding carboxylic acids is 2. The van der Waals surface area contributed by atoms with Gasteiger partial charge in [-0.15, -0.1) is 0 Å². The van der Waals surface area contributed by atoms with Crippen molar-refractivity contribution in [2.45, 2.75) is 39.8 Å². The third-order valence-corrected chi connectivity index (χ3v) is 4.64. The highest BCUT2D eigenvalue weighted by Crippen LogP contribution is 2.34. The number of anilines is 1. The Morgan fingerprint density at radius 1 is 1.25 bits per heavy atom. The van der Waals surface area contributed by atoms with Gasteiger partial charge < -0.3 is 15.3 Å². The van der Waals surface area contributed by atoms with Gasteiger partial charge in [0, 0.05) is 11.6 Å². The molecule has 2 N–H and O–H groups in total. The van der Waals surface area contributed by atoms with Crippen molar-refractivity contribution in [1.82, 2.24) is 5.32 Å². The van der Waals surface area contributed by atoms with Gasteiger partial charge in [0.05, 0.1) is 24.2 Å². The van der Waals surface area contributed by atoms with Crippen LogP contribution in [-0.2, 0) is 16.1 Å². The Kier molecular flexibility index (Phi) is 5.49. The van der Waals surface area contributed by atoms with Gasteiger partial charge in [0.1, 0.15) is 11.6 Å². The summed E-state index contributed by atoms with van der Waals surface area (Å²) in [5.41, 5.74) is 2.07. The van der Waals surface area contributed by atoms with Crippen LogP contribution in [0.5, 0.6) is 0 Å². The number of benzene rings is 2. The zero-order valence-electron chi connectivity index (χ0n) is 16.1. The average molecular weight is 382 g/mol. The summed E-state index contributed by atoms with van der Waals surface area (Å²) in [7, 11) is 0. The number of amides is 2. The zero-order valence-corrected chi connectivity index (χ0v) is 16.1. The summed E-state index contributed by atoms with van der Waals surface area (Å²) in [6.07, 6.45) is -0.243. The molecule has 2 aromatic rings. The van der Waals surface area contributed by atoms with Crippen molar-refractivity contribution in [2.24, 2.45) is 0 Å². The van der Waals surface area contributed by atoms with Gasteiger partial charge in [-0.2, -0.15) is 0 Å². The van der Waals surface area contributed by atoms with Gasteiger partial charge in [0.15, 0.2) is 0 Å². The standard InChI is InChI=1S/C22H23FN2O3/c1-13(2)24-22(28)17-11-20(26)25(12-15-9-8-14(3)18(23)10-15)19-7-5-4-6-16(19)21(17)27/h4-10,13,27H,11-12H2,1-3H3,(H,24,28). The molecule has 2 amide bonds. The van der Waals surface area contributed by atoms with E-state index in [1.54, 1.807) is 57.2 Å². The van der Waals surface area contributed by atoms with E-state index in [0.717, 1.165) is 0 Å². The van der Waals surface area contributed by atoms with E-state index in [0.29, 0.717) is 22.4 Å². The van der Waals surface area contributed by atoms with E-state index in [1.807, 2.05) is 0 Å². The zero-order chi connectivity index (χ0) is 20.4. The third kappa shape index (κ3) is 3.91. The molecule has 0 atom stereocenters. The molecule has 2 aromatic carbocycles. The maximum absolute atomic E-state index is 14.0. The van der Waals surface area contributed by atoms with Crippen LogP contribution in [0.25, 0.3) is 5.76 Å². The number of fused-ring (bicyclic) bond motifs is 1. The number of aliphatic hydroxyl groups is 1. The van der Waals surface area contributed by atoms with Crippen molar-refractivity contribution >= 4 is 23.3 Å². The molecule has 5 nitrogen and oxygen atoms in total. The summed E-state index contributed by atoms with van der Waals surface area (Å²) < 4.78 is 14.0. The van der Waals surface area contributed by atoms with Crippen molar-refractivity contribution in [3.8, 4) is 0 Å². The highest BCUT2D eigenvalue weighted by atomic mass is 19.1. The largest absolute Gasteiger partial charge is 0.507 e. The van der Waals surface area contributed by atoms with Crippen LogP contribution in [0.1, 0.15) is 37.0 Å². The summed E-state index contributed by atoms with van der Waals surface area (Å²) in [4.78, 5) is 27.0. The van der Waals surface area contributed by atoms with Crippen LogP contribution in [0.4, 0.5) is 10.1 Å². The van der Waals surface area contributed by atoms with Crippen LogP contribution in [0.2, 0.25) is 0 Å². The number of hydrogen-bond acceptors (Lipinski definition) is 3. The number of hydrogen-bond donors (Lipinski definition) is 2. The minimum absolute atomic E-state index is 0.0312. The minimum atomic E-state index is -0.473.